The van der Waals surface area contributed by atoms with E-state index in [0.717, 1.165) is 14.2 Å². The molecule has 90 valence electrons. The van der Waals surface area contributed by atoms with Crippen molar-refractivity contribution in [3.8, 4) is 0 Å². The highest BCUT2D eigenvalue weighted by Crippen LogP contribution is 2.15. The van der Waals surface area contributed by atoms with Gasteiger partial charge in [-0.15, -0.1) is 0 Å². The van der Waals surface area contributed by atoms with Crippen LogP contribution in [0.5, 0.6) is 0 Å². The number of methoxy groups -OCH3 is 2. The van der Waals surface area contributed by atoms with E-state index in [-0.39, 0.29) is 29.8 Å². The van der Waals surface area contributed by atoms with Crippen molar-refractivity contribution in [3.05, 3.63) is 11.1 Å². The molecule has 0 aliphatic carbocycles. The molecule has 0 saturated heterocycles. The van der Waals surface area contributed by atoms with Crippen molar-refractivity contribution in [2.24, 2.45) is 0 Å². The molecule has 0 saturated carbocycles. The van der Waals surface area contributed by atoms with Crippen molar-refractivity contribution in [2.75, 3.05) is 14.2 Å². The molecule has 0 aromatic heterocycles. The third-order valence-electron chi connectivity index (χ3n) is 2.09. The van der Waals surface area contributed by atoms with Crippen molar-refractivity contribution >= 4 is 17.7 Å². The SMILES string of the molecule is CCC(=O)C(CC)=C(C(=O)OC)C(=O)OC. The van der Waals surface area contributed by atoms with E-state index in [1.165, 1.54) is 0 Å². The molecule has 0 fully saturated rings. The number of hydrogen-bond donors (Lipinski definition) is 0. The second-order valence-corrected chi connectivity index (χ2v) is 2.97. The van der Waals surface area contributed by atoms with Gasteiger partial charge in [0.15, 0.2) is 11.4 Å². The van der Waals surface area contributed by atoms with Gasteiger partial charge in [0.05, 0.1) is 14.2 Å². The Balaban J connectivity index is 5.56. The molecule has 16 heavy (non-hydrogen) atoms. The fourth-order valence-corrected chi connectivity index (χ4v) is 1.26. The Kier molecular flexibility index (Phi) is 6.07. The van der Waals surface area contributed by atoms with Crippen molar-refractivity contribution in [1.29, 1.82) is 0 Å². The minimum absolute atomic E-state index is 0.154. The van der Waals surface area contributed by atoms with Gasteiger partial charge < -0.3 is 9.47 Å². The summed E-state index contributed by atoms with van der Waals surface area (Å²) in [4.78, 5) is 34.4. The lowest BCUT2D eigenvalue weighted by Gasteiger charge is -2.08. The first kappa shape index (κ1) is 14.3. The van der Waals surface area contributed by atoms with Gasteiger partial charge in [-0.05, 0) is 6.42 Å². The van der Waals surface area contributed by atoms with Crippen LogP contribution in [-0.2, 0) is 23.9 Å². The van der Waals surface area contributed by atoms with E-state index in [0.29, 0.717) is 0 Å². The minimum atomic E-state index is -0.842. The summed E-state index contributed by atoms with van der Waals surface area (Å²) in [6.07, 6.45) is 0.507. The van der Waals surface area contributed by atoms with E-state index in [2.05, 4.69) is 9.47 Å². The Hall–Kier alpha value is -1.65. The summed E-state index contributed by atoms with van der Waals surface area (Å²) in [5.74, 6) is -1.94. The topological polar surface area (TPSA) is 69.7 Å². The Bertz CT molecular complexity index is 309. The lowest BCUT2D eigenvalue weighted by molar-refractivity contribution is -0.144. The van der Waals surface area contributed by atoms with Crippen LogP contribution in [0.4, 0.5) is 0 Å². The molecule has 0 bridgehead atoms. The highest BCUT2D eigenvalue weighted by Gasteiger charge is 2.26. The maximum atomic E-state index is 11.6. The van der Waals surface area contributed by atoms with E-state index in [4.69, 9.17) is 0 Å². The van der Waals surface area contributed by atoms with Crippen molar-refractivity contribution < 1.29 is 23.9 Å². The van der Waals surface area contributed by atoms with Crippen molar-refractivity contribution in [3.63, 3.8) is 0 Å². The molecule has 0 aliphatic heterocycles. The van der Waals surface area contributed by atoms with Gasteiger partial charge in [-0.1, -0.05) is 13.8 Å². The van der Waals surface area contributed by atoms with Gasteiger partial charge in [-0.2, -0.15) is 0 Å². The Morgan fingerprint density at radius 3 is 1.56 bits per heavy atom. The number of carbonyl (C=O) groups is 3. The largest absolute Gasteiger partial charge is 0.465 e. The Morgan fingerprint density at radius 2 is 1.31 bits per heavy atom. The number of rotatable bonds is 5. The molecule has 0 N–H and O–H groups in total. The van der Waals surface area contributed by atoms with Gasteiger partial charge in [0.1, 0.15) is 0 Å². The third-order valence-corrected chi connectivity index (χ3v) is 2.09. The average molecular weight is 228 g/mol. The molecule has 0 rings (SSSR count). The molecule has 0 aromatic carbocycles. The second kappa shape index (κ2) is 6.76. The molecular weight excluding hydrogens is 212 g/mol. The first-order chi connectivity index (χ1) is 7.53. The van der Waals surface area contributed by atoms with Gasteiger partial charge in [0.25, 0.3) is 0 Å². The number of ether oxygens (including phenoxy) is 2. The zero-order valence-electron chi connectivity index (χ0n) is 9.96. The van der Waals surface area contributed by atoms with E-state index in [1.807, 2.05) is 0 Å². The lowest BCUT2D eigenvalue weighted by atomic mass is 10.00. The van der Waals surface area contributed by atoms with E-state index < -0.39 is 11.9 Å². The normalized spacial score (nSPS) is 9.25. The summed E-state index contributed by atoms with van der Waals surface area (Å²) >= 11 is 0. The number of Topliss-reactive ketones (excluding diaryl/α,β-unsaturated/α-hetero) is 1. The quantitative estimate of drug-likeness (QED) is 0.304. The summed E-state index contributed by atoms with van der Waals surface area (Å²) in [5.41, 5.74) is -0.152. The number of allylic oxidation sites excluding steroid dienone is 1. The first-order valence-electron chi connectivity index (χ1n) is 4.96. The molecule has 0 amide bonds. The summed E-state index contributed by atoms with van der Waals surface area (Å²) < 4.78 is 8.93. The average Bonchev–Trinajstić information content (AvgIpc) is 2.32. The smallest absolute Gasteiger partial charge is 0.345 e. The van der Waals surface area contributed by atoms with Crippen LogP contribution in [0.2, 0.25) is 0 Å². The van der Waals surface area contributed by atoms with E-state index in [1.54, 1.807) is 13.8 Å². The molecule has 0 spiro atoms. The molecular formula is C11H16O5. The fourth-order valence-electron chi connectivity index (χ4n) is 1.26. The minimum Gasteiger partial charge on any atom is -0.465 e. The molecule has 0 atom stereocenters. The molecule has 0 aliphatic rings. The molecule has 0 unspecified atom stereocenters. The van der Waals surface area contributed by atoms with Crippen LogP contribution >= 0.6 is 0 Å². The van der Waals surface area contributed by atoms with Gasteiger partial charge >= 0.3 is 11.9 Å². The highest BCUT2D eigenvalue weighted by atomic mass is 16.5. The van der Waals surface area contributed by atoms with Crippen LogP contribution in [0.1, 0.15) is 26.7 Å². The predicted octanol–water partition coefficient (Wildman–Crippen LogP) is 1.02. The summed E-state index contributed by atoms with van der Waals surface area (Å²) in [5, 5.41) is 0. The predicted molar refractivity (Wildman–Crippen MR) is 56.6 cm³/mol. The number of carbonyl (C=O) groups excluding carboxylic acids is 3. The summed E-state index contributed by atoms with van der Waals surface area (Å²) in [6, 6.07) is 0. The van der Waals surface area contributed by atoms with Crippen LogP contribution in [0, 0.1) is 0 Å². The molecule has 5 nitrogen and oxygen atoms in total. The molecule has 0 radical (unpaired) electrons. The van der Waals surface area contributed by atoms with Gasteiger partial charge in [-0.25, -0.2) is 9.59 Å². The monoisotopic (exact) mass is 228 g/mol. The molecule has 5 heteroatoms. The van der Waals surface area contributed by atoms with E-state index >= 15 is 0 Å². The van der Waals surface area contributed by atoms with Gasteiger partial charge in [0, 0.05) is 12.0 Å². The first-order valence-corrected chi connectivity index (χ1v) is 4.96. The number of hydrogen-bond acceptors (Lipinski definition) is 5. The highest BCUT2D eigenvalue weighted by molar-refractivity contribution is 6.19. The number of ketones is 1. The maximum absolute atomic E-state index is 11.6. The zero-order chi connectivity index (χ0) is 12.7. The summed E-state index contributed by atoms with van der Waals surface area (Å²) in [6.45, 7) is 3.35. The van der Waals surface area contributed by atoms with Crippen LogP contribution in [0.15, 0.2) is 11.1 Å². The zero-order valence-corrected chi connectivity index (χ0v) is 9.96. The lowest BCUT2D eigenvalue weighted by Crippen LogP contribution is -2.21. The van der Waals surface area contributed by atoms with Crippen LogP contribution < -0.4 is 0 Å². The van der Waals surface area contributed by atoms with Gasteiger partial charge in [-0.3, -0.25) is 4.79 Å². The molecule has 0 heterocycles. The standard InChI is InChI=1S/C11H16O5/c1-5-7(8(12)6-2)9(10(13)15-3)11(14)16-4/h5-6H2,1-4H3. The Labute approximate surface area is 94.4 Å². The van der Waals surface area contributed by atoms with Crippen molar-refractivity contribution in [2.45, 2.75) is 26.7 Å². The number of esters is 2. The molecule has 0 aromatic rings. The van der Waals surface area contributed by atoms with Crippen molar-refractivity contribution in [1.82, 2.24) is 0 Å². The van der Waals surface area contributed by atoms with Gasteiger partial charge in [0.2, 0.25) is 0 Å². The summed E-state index contributed by atoms with van der Waals surface area (Å²) in [7, 11) is 2.30. The van der Waals surface area contributed by atoms with Crippen LogP contribution in [-0.4, -0.2) is 31.9 Å². The Morgan fingerprint density at radius 1 is 0.875 bits per heavy atom. The second-order valence-electron chi connectivity index (χ2n) is 2.97. The fraction of sp³-hybridized carbons (Fsp3) is 0.545. The van der Waals surface area contributed by atoms with Crippen LogP contribution in [0.25, 0.3) is 0 Å². The third kappa shape index (κ3) is 3.18. The maximum Gasteiger partial charge on any atom is 0.345 e. The van der Waals surface area contributed by atoms with E-state index in [9.17, 15) is 14.4 Å². The van der Waals surface area contributed by atoms with Crippen LogP contribution in [0.3, 0.4) is 0 Å².